The average Bonchev–Trinajstić information content (AvgIpc) is 2.54. The van der Waals surface area contributed by atoms with Gasteiger partial charge in [-0.2, -0.15) is 0 Å². The monoisotopic (exact) mass is 381 g/mol. The number of nitrogens with one attached hydrogen (secondary N) is 1. The molecule has 0 bridgehead atoms. The van der Waals surface area contributed by atoms with Crippen LogP contribution in [0.1, 0.15) is 0 Å². The summed E-state index contributed by atoms with van der Waals surface area (Å²) in [6.07, 6.45) is 1.07. The summed E-state index contributed by atoms with van der Waals surface area (Å²) in [5, 5.41) is 3.21. The Hall–Kier alpha value is -2.25. The van der Waals surface area contributed by atoms with Gasteiger partial charge in [-0.25, -0.2) is 8.42 Å². The second-order valence-electron chi connectivity index (χ2n) is 5.74. The molecule has 2 aromatic carbocycles. The summed E-state index contributed by atoms with van der Waals surface area (Å²) < 4.78 is 25.3. The van der Waals surface area contributed by atoms with Crippen molar-refractivity contribution in [2.24, 2.45) is 0 Å². The van der Waals surface area contributed by atoms with Gasteiger partial charge in [0.15, 0.2) is 0 Å². The molecule has 25 heavy (non-hydrogen) atoms. The molecule has 2 aromatic rings. The first-order valence-electron chi connectivity index (χ1n) is 7.47. The minimum atomic E-state index is -3.61. The molecule has 0 atom stereocenters. The van der Waals surface area contributed by atoms with Crippen molar-refractivity contribution in [3.05, 3.63) is 53.6 Å². The summed E-state index contributed by atoms with van der Waals surface area (Å²) in [6.45, 7) is -0.317. The van der Waals surface area contributed by atoms with E-state index < -0.39 is 15.9 Å². The number of benzene rings is 2. The van der Waals surface area contributed by atoms with Crippen LogP contribution in [0.25, 0.3) is 0 Å². The fourth-order valence-corrected chi connectivity index (χ4v) is 3.16. The number of hydrogen-bond acceptors (Lipinski definition) is 4. The maximum absolute atomic E-state index is 12.2. The summed E-state index contributed by atoms with van der Waals surface area (Å²) in [5.74, 6) is -0.440. The zero-order valence-electron chi connectivity index (χ0n) is 14.2. The van der Waals surface area contributed by atoms with E-state index in [-0.39, 0.29) is 6.54 Å². The van der Waals surface area contributed by atoms with Gasteiger partial charge in [0.05, 0.1) is 11.9 Å². The van der Waals surface area contributed by atoms with Crippen molar-refractivity contribution >= 4 is 44.6 Å². The van der Waals surface area contributed by atoms with Crippen molar-refractivity contribution in [3.8, 4) is 0 Å². The molecule has 0 aliphatic carbocycles. The van der Waals surface area contributed by atoms with Crippen LogP contribution in [-0.4, -0.2) is 41.2 Å². The smallest absolute Gasteiger partial charge is 0.245 e. The number of carbonyl (C=O) groups is 1. The van der Waals surface area contributed by atoms with Crippen molar-refractivity contribution in [3.63, 3.8) is 0 Å². The second-order valence-corrected chi connectivity index (χ2v) is 8.08. The summed E-state index contributed by atoms with van der Waals surface area (Å²) >= 11 is 5.80. The van der Waals surface area contributed by atoms with Crippen LogP contribution in [0.5, 0.6) is 0 Å². The standard InChI is InChI=1S/C17H20ClN3O3S/c1-20(2)15-8-10-16(11-9-15)21(25(3,23)24)12-17(22)19-14-6-4-13(18)5-7-14/h4-11H,12H2,1-3H3,(H,19,22). The Morgan fingerprint density at radius 2 is 1.52 bits per heavy atom. The number of sulfonamides is 1. The topological polar surface area (TPSA) is 69.7 Å². The number of anilines is 3. The molecule has 1 amide bonds. The predicted octanol–water partition coefficient (Wildman–Crippen LogP) is 2.81. The van der Waals surface area contributed by atoms with Crippen LogP contribution in [0.3, 0.4) is 0 Å². The zero-order chi connectivity index (χ0) is 18.6. The number of halogens is 1. The highest BCUT2D eigenvalue weighted by atomic mass is 35.5. The first-order chi connectivity index (χ1) is 11.7. The third-order valence-electron chi connectivity index (χ3n) is 3.47. The van der Waals surface area contributed by atoms with E-state index in [4.69, 9.17) is 11.6 Å². The van der Waals surface area contributed by atoms with Gasteiger partial charge in [-0.3, -0.25) is 9.10 Å². The van der Waals surface area contributed by atoms with E-state index in [2.05, 4.69) is 5.32 Å². The lowest BCUT2D eigenvalue weighted by molar-refractivity contribution is -0.114. The molecular weight excluding hydrogens is 362 g/mol. The number of carbonyl (C=O) groups excluding carboxylic acids is 1. The van der Waals surface area contributed by atoms with Crippen LogP contribution in [0.2, 0.25) is 5.02 Å². The molecule has 0 unspecified atom stereocenters. The molecule has 0 saturated carbocycles. The van der Waals surface area contributed by atoms with Gasteiger partial charge in [-0.1, -0.05) is 11.6 Å². The summed E-state index contributed by atoms with van der Waals surface area (Å²) in [5.41, 5.74) is 1.91. The summed E-state index contributed by atoms with van der Waals surface area (Å²) in [4.78, 5) is 14.1. The van der Waals surface area contributed by atoms with Crippen LogP contribution in [0.15, 0.2) is 48.5 Å². The maximum atomic E-state index is 12.2. The molecule has 0 saturated heterocycles. The highest BCUT2D eigenvalue weighted by Gasteiger charge is 2.21. The van der Waals surface area contributed by atoms with E-state index in [1.807, 2.05) is 19.0 Å². The van der Waals surface area contributed by atoms with E-state index >= 15 is 0 Å². The third-order valence-corrected chi connectivity index (χ3v) is 4.86. The summed E-state index contributed by atoms with van der Waals surface area (Å²) in [7, 11) is 0.176. The molecule has 0 heterocycles. The Morgan fingerprint density at radius 1 is 1.00 bits per heavy atom. The van der Waals surface area contributed by atoms with Gasteiger partial charge in [0.25, 0.3) is 0 Å². The quantitative estimate of drug-likeness (QED) is 0.835. The maximum Gasteiger partial charge on any atom is 0.245 e. The third kappa shape index (κ3) is 5.37. The Labute approximate surface area is 153 Å². The predicted molar refractivity (Wildman–Crippen MR) is 103 cm³/mol. The van der Waals surface area contributed by atoms with Crippen LogP contribution in [0, 0.1) is 0 Å². The number of rotatable bonds is 6. The van der Waals surface area contributed by atoms with E-state index in [1.165, 1.54) is 0 Å². The lowest BCUT2D eigenvalue weighted by Gasteiger charge is -2.23. The first-order valence-corrected chi connectivity index (χ1v) is 9.70. The Kier molecular flexibility index (Phi) is 5.92. The molecule has 2 rings (SSSR count). The average molecular weight is 382 g/mol. The van der Waals surface area contributed by atoms with Crippen molar-refractivity contribution < 1.29 is 13.2 Å². The molecule has 134 valence electrons. The molecule has 0 aromatic heterocycles. The molecular formula is C17H20ClN3O3S. The lowest BCUT2D eigenvalue weighted by atomic mass is 10.2. The van der Waals surface area contributed by atoms with Gasteiger partial charge in [0, 0.05) is 30.5 Å². The van der Waals surface area contributed by atoms with E-state index in [0.29, 0.717) is 16.4 Å². The van der Waals surface area contributed by atoms with Crippen LogP contribution in [0.4, 0.5) is 17.1 Å². The van der Waals surface area contributed by atoms with Gasteiger partial charge in [0.1, 0.15) is 6.54 Å². The second kappa shape index (κ2) is 7.76. The van der Waals surface area contributed by atoms with Gasteiger partial charge < -0.3 is 10.2 Å². The van der Waals surface area contributed by atoms with E-state index in [9.17, 15) is 13.2 Å². The highest BCUT2D eigenvalue weighted by Crippen LogP contribution is 2.22. The van der Waals surface area contributed by atoms with Gasteiger partial charge in [-0.05, 0) is 48.5 Å². The van der Waals surface area contributed by atoms with Crippen LogP contribution < -0.4 is 14.5 Å². The summed E-state index contributed by atoms with van der Waals surface area (Å²) in [6, 6.07) is 13.5. The van der Waals surface area contributed by atoms with E-state index in [0.717, 1.165) is 16.2 Å². The minimum Gasteiger partial charge on any atom is -0.378 e. The zero-order valence-corrected chi connectivity index (χ0v) is 15.8. The Bertz CT molecular complexity index is 834. The fraction of sp³-hybridized carbons (Fsp3) is 0.235. The molecule has 0 aliphatic rings. The Morgan fingerprint density at radius 3 is 2.00 bits per heavy atom. The fourth-order valence-electron chi connectivity index (χ4n) is 2.18. The normalized spacial score (nSPS) is 11.0. The largest absolute Gasteiger partial charge is 0.378 e. The SMILES string of the molecule is CN(C)c1ccc(N(CC(=O)Nc2ccc(Cl)cc2)S(C)(=O)=O)cc1. The number of nitrogens with zero attached hydrogens (tertiary/aromatic N) is 2. The molecule has 0 fully saturated rings. The van der Waals surface area contributed by atoms with Crippen LogP contribution >= 0.6 is 11.6 Å². The first kappa shape index (κ1) is 19.1. The van der Waals surface area contributed by atoms with Crippen LogP contribution in [-0.2, 0) is 14.8 Å². The van der Waals surface area contributed by atoms with Gasteiger partial charge in [-0.15, -0.1) is 0 Å². The molecule has 1 N–H and O–H groups in total. The van der Waals surface area contributed by atoms with E-state index in [1.54, 1.807) is 48.5 Å². The number of amides is 1. The van der Waals surface area contributed by atoms with Crippen molar-refractivity contribution in [1.29, 1.82) is 0 Å². The molecule has 0 radical (unpaired) electrons. The van der Waals surface area contributed by atoms with Gasteiger partial charge in [0.2, 0.25) is 15.9 Å². The van der Waals surface area contributed by atoms with Crippen molar-refractivity contribution in [1.82, 2.24) is 0 Å². The van der Waals surface area contributed by atoms with Gasteiger partial charge >= 0.3 is 0 Å². The molecule has 6 nitrogen and oxygen atoms in total. The minimum absolute atomic E-state index is 0.317. The van der Waals surface area contributed by atoms with Crippen molar-refractivity contribution in [2.45, 2.75) is 0 Å². The molecule has 0 spiro atoms. The molecule has 8 heteroatoms. The highest BCUT2D eigenvalue weighted by molar-refractivity contribution is 7.92. The molecule has 0 aliphatic heterocycles. The van der Waals surface area contributed by atoms with Crippen molar-refractivity contribution in [2.75, 3.05) is 41.4 Å². The lowest BCUT2D eigenvalue weighted by Crippen LogP contribution is -2.37. The number of hydrogen-bond donors (Lipinski definition) is 1. The Balaban J connectivity index is 2.17.